The SMILES string of the molecule is CCC1(CC)CN=C(NCC(C)COC)SC1. The summed E-state index contributed by atoms with van der Waals surface area (Å²) in [5, 5.41) is 4.54. The van der Waals surface area contributed by atoms with Gasteiger partial charge in [0, 0.05) is 26.0 Å². The normalized spacial score (nSPS) is 20.8. The van der Waals surface area contributed by atoms with Gasteiger partial charge in [-0.05, 0) is 24.2 Å². The molecule has 0 fully saturated rings. The van der Waals surface area contributed by atoms with Gasteiger partial charge >= 0.3 is 0 Å². The van der Waals surface area contributed by atoms with Gasteiger partial charge in [0.1, 0.15) is 0 Å². The molecule has 1 aliphatic rings. The smallest absolute Gasteiger partial charge is 0.156 e. The van der Waals surface area contributed by atoms with Gasteiger partial charge in [0.05, 0.1) is 6.61 Å². The lowest BCUT2D eigenvalue weighted by atomic mass is 9.84. The first-order chi connectivity index (χ1) is 8.15. The average Bonchev–Trinajstić information content (AvgIpc) is 2.37. The van der Waals surface area contributed by atoms with Crippen LogP contribution >= 0.6 is 11.8 Å². The molecule has 0 aliphatic carbocycles. The summed E-state index contributed by atoms with van der Waals surface area (Å²) in [5.74, 6) is 1.73. The number of amidine groups is 1. The van der Waals surface area contributed by atoms with Gasteiger partial charge in [0.15, 0.2) is 5.17 Å². The van der Waals surface area contributed by atoms with Gasteiger partial charge in [0.25, 0.3) is 0 Å². The van der Waals surface area contributed by atoms with E-state index in [2.05, 4.69) is 31.1 Å². The van der Waals surface area contributed by atoms with Crippen LogP contribution in [0.25, 0.3) is 0 Å². The third kappa shape index (κ3) is 4.51. The van der Waals surface area contributed by atoms with Crippen molar-refractivity contribution in [1.82, 2.24) is 5.32 Å². The highest BCUT2D eigenvalue weighted by Gasteiger charge is 2.29. The largest absolute Gasteiger partial charge is 0.384 e. The Labute approximate surface area is 110 Å². The van der Waals surface area contributed by atoms with Gasteiger partial charge in [-0.25, -0.2) is 0 Å². The number of hydrogen-bond donors (Lipinski definition) is 1. The topological polar surface area (TPSA) is 33.6 Å². The van der Waals surface area contributed by atoms with Crippen molar-refractivity contribution in [3.63, 3.8) is 0 Å². The number of hydrogen-bond acceptors (Lipinski definition) is 4. The third-order valence-corrected chi connectivity index (χ3v) is 4.93. The Bertz CT molecular complexity index is 252. The minimum atomic E-state index is 0.438. The zero-order chi connectivity index (χ0) is 12.7. The quantitative estimate of drug-likeness (QED) is 0.795. The van der Waals surface area contributed by atoms with Crippen molar-refractivity contribution in [2.45, 2.75) is 33.6 Å². The molecule has 1 atom stereocenters. The van der Waals surface area contributed by atoms with Crippen LogP contribution in [-0.4, -0.2) is 37.7 Å². The predicted molar refractivity (Wildman–Crippen MR) is 76.8 cm³/mol. The van der Waals surface area contributed by atoms with Crippen molar-refractivity contribution in [3.05, 3.63) is 0 Å². The monoisotopic (exact) mass is 258 g/mol. The molecule has 1 rings (SSSR count). The second-order valence-electron chi connectivity index (χ2n) is 5.06. The first-order valence-corrected chi connectivity index (χ1v) is 7.54. The Morgan fingerprint density at radius 2 is 2.18 bits per heavy atom. The predicted octanol–water partition coefficient (Wildman–Crippen LogP) is 2.77. The molecule has 1 unspecified atom stereocenters. The van der Waals surface area contributed by atoms with Gasteiger partial charge in [-0.15, -0.1) is 0 Å². The van der Waals surface area contributed by atoms with Crippen molar-refractivity contribution >= 4 is 16.9 Å². The Kier molecular flexibility index (Phi) is 6.34. The summed E-state index contributed by atoms with van der Waals surface area (Å²) >= 11 is 1.88. The van der Waals surface area contributed by atoms with Crippen LogP contribution < -0.4 is 5.32 Å². The molecule has 4 heteroatoms. The van der Waals surface area contributed by atoms with E-state index in [9.17, 15) is 0 Å². The number of methoxy groups -OCH3 is 1. The molecular weight excluding hydrogens is 232 g/mol. The standard InChI is InChI=1S/C13H26N2OS/c1-5-13(6-2)9-15-12(17-10-13)14-7-11(3)8-16-4/h11H,5-10H2,1-4H3,(H,14,15). The Hall–Kier alpha value is -0.220. The second-order valence-corrected chi connectivity index (χ2v) is 6.02. The number of thioether (sulfide) groups is 1. The molecule has 0 aromatic heterocycles. The maximum atomic E-state index is 5.12. The highest BCUT2D eigenvalue weighted by atomic mass is 32.2. The minimum Gasteiger partial charge on any atom is -0.384 e. The van der Waals surface area contributed by atoms with E-state index in [1.165, 1.54) is 18.6 Å². The van der Waals surface area contributed by atoms with Crippen molar-refractivity contribution in [1.29, 1.82) is 0 Å². The summed E-state index contributed by atoms with van der Waals surface area (Å²) in [6.45, 7) is 9.47. The lowest BCUT2D eigenvalue weighted by molar-refractivity contribution is 0.161. The fourth-order valence-electron chi connectivity index (χ4n) is 1.94. The second kappa shape index (κ2) is 7.27. The highest BCUT2D eigenvalue weighted by Crippen LogP contribution is 2.34. The summed E-state index contributed by atoms with van der Waals surface area (Å²) in [5.41, 5.74) is 0.438. The van der Waals surface area contributed by atoms with E-state index in [1.807, 2.05) is 11.8 Å². The van der Waals surface area contributed by atoms with E-state index in [-0.39, 0.29) is 0 Å². The van der Waals surface area contributed by atoms with E-state index in [0.29, 0.717) is 11.3 Å². The first kappa shape index (κ1) is 14.8. The number of aliphatic imine (C=N–C) groups is 1. The highest BCUT2D eigenvalue weighted by molar-refractivity contribution is 8.13. The Morgan fingerprint density at radius 3 is 2.65 bits per heavy atom. The summed E-state index contributed by atoms with van der Waals surface area (Å²) < 4.78 is 5.12. The summed E-state index contributed by atoms with van der Waals surface area (Å²) in [4.78, 5) is 4.68. The molecule has 100 valence electrons. The molecule has 0 bridgehead atoms. The van der Waals surface area contributed by atoms with Crippen LogP contribution in [0.5, 0.6) is 0 Å². The molecule has 0 saturated heterocycles. The van der Waals surface area contributed by atoms with Crippen LogP contribution in [-0.2, 0) is 4.74 Å². The number of nitrogens with one attached hydrogen (secondary N) is 1. The molecule has 0 spiro atoms. The van der Waals surface area contributed by atoms with E-state index in [0.717, 1.165) is 24.9 Å². The van der Waals surface area contributed by atoms with Crippen molar-refractivity contribution in [2.24, 2.45) is 16.3 Å². The van der Waals surface area contributed by atoms with Gasteiger partial charge in [-0.2, -0.15) is 0 Å². The maximum absolute atomic E-state index is 5.12. The zero-order valence-corrected chi connectivity index (χ0v) is 12.4. The van der Waals surface area contributed by atoms with Gasteiger partial charge in [0.2, 0.25) is 0 Å². The van der Waals surface area contributed by atoms with Gasteiger partial charge in [-0.1, -0.05) is 32.5 Å². The Morgan fingerprint density at radius 1 is 1.47 bits per heavy atom. The van der Waals surface area contributed by atoms with Crippen LogP contribution in [0.4, 0.5) is 0 Å². The van der Waals surface area contributed by atoms with Gasteiger partial charge in [-0.3, -0.25) is 4.99 Å². The summed E-state index contributed by atoms with van der Waals surface area (Å²) in [7, 11) is 1.75. The zero-order valence-electron chi connectivity index (χ0n) is 11.6. The third-order valence-electron chi connectivity index (χ3n) is 3.63. The van der Waals surface area contributed by atoms with E-state index in [1.54, 1.807) is 7.11 Å². The number of rotatable bonds is 6. The molecule has 1 aliphatic heterocycles. The molecule has 0 saturated carbocycles. The molecule has 1 heterocycles. The maximum Gasteiger partial charge on any atom is 0.156 e. The molecule has 0 amide bonds. The van der Waals surface area contributed by atoms with Crippen molar-refractivity contribution in [3.8, 4) is 0 Å². The molecule has 0 radical (unpaired) electrons. The van der Waals surface area contributed by atoms with Crippen molar-refractivity contribution < 1.29 is 4.74 Å². The number of ether oxygens (including phenoxy) is 1. The first-order valence-electron chi connectivity index (χ1n) is 6.56. The van der Waals surface area contributed by atoms with E-state index >= 15 is 0 Å². The Balaban J connectivity index is 2.36. The van der Waals surface area contributed by atoms with Crippen molar-refractivity contribution in [2.75, 3.05) is 32.6 Å². The fourth-order valence-corrected chi connectivity index (χ4v) is 3.23. The lowest BCUT2D eigenvalue weighted by Gasteiger charge is -2.33. The van der Waals surface area contributed by atoms with Crippen LogP contribution in [0.15, 0.2) is 4.99 Å². The van der Waals surface area contributed by atoms with E-state index < -0.39 is 0 Å². The number of nitrogens with zero attached hydrogens (tertiary/aromatic N) is 1. The fraction of sp³-hybridized carbons (Fsp3) is 0.923. The molecule has 0 aromatic rings. The minimum absolute atomic E-state index is 0.438. The molecule has 17 heavy (non-hydrogen) atoms. The van der Waals surface area contributed by atoms with Crippen LogP contribution in [0.2, 0.25) is 0 Å². The van der Waals surface area contributed by atoms with Crippen LogP contribution in [0.3, 0.4) is 0 Å². The van der Waals surface area contributed by atoms with Gasteiger partial charge < -0.3 is 10.1 Å². The summed E-state index contributed by atoms with van der Waals surface area (Å²) in [6.07, 6.45) is 2.46. The average molecular weight is 258 g/mol. The summed E-state index contributed by atoms with van der Waals surface area (Å²) in [6, 6.07) is 0. The molecule has 3 nitrogen and oxygen atoms in total. The molecule has 0 aromatic carbocycles. The van der Waals surface area contributed by atoms with E-state index in [4.69, 9.17) is 4.74 Å². The molecular formula is C13H26N2OS. The van der Waals surface area contributed by atoms with Crippen LogP contribution in [0.1, 0.15) is 33.6 Å². The molecule has 1 N–H and O–H groups in total. The lowest BCUT2D eigenvalue weighted by Crippen LogP contribution is -2.36. The van der Waals surface area contributed by atoms with Crippen LogP contribution in [0, 0.1) is 11.3 Å².